The molecule has 0 N–H and O–H groups in total. The van der Waals surface area contributed by atoms with E-state index < -0.39 is 5.41 Å². The first-order valence-corrected chi connectivity index (χ1v) is 24.2. The van der Waals surface area contributed by atoms with Crippen molar-refractivity contribution in [3.8, 4) is 44.5 Å². The van der Waals surface area contributed by atoms with Crippen molar-refractivity contribution in [2.24, 2.45) is 14.1 Å². The summed E-state index contributed by atoms with van der Waals surface area (Å²) < 4.78 is 4.70. The molecule has 0 radical (unpaired) electrons. The number of benzene rings is 11. The third-order valence-corrected chi connectivity index (χ3v) is 15.8. The summed E-state index contributed by atoms with van der Waals surface area (Å²) in [5.74, 6) is 0. The predicted molar refractivity (Wildman–Crippen MR) is 293 cm³/mol. The fourth-order valence-electron chi connectivity index (χ4n) is 12.6. The van der Waals surface area contributed by atoms with Gasteiger partial charge in [-0.1, -0.05) is 199 Å². The van der Waals surface area contributed by atoms with Crippen molar-refractivity contribution in [3.05, 3.63) is 252 Å². The Bertz CT molecular complexity index is 4050. The molecule has 1 aliphatic carbocycles. The molecule has 0 spiro atoms. The number of nitrogens with zero attached hydrogens (tertiary/aromatic N) is 2. The Kier molecular flexibility index (Phi) is 8.49. The number of aromatic nitrogens is 2. The molecule has 0 fully saturated rings. The molecule has 2 aromatic heterocycles. The monoisotopic (exact) mass is 880 g/mol. The van der Waals surface area contributed by atoms with Gasteiger partial charge in [0.15, 0.2) is 0 Å². The molecule has 0 amide bonds. The molecular formula is C67H48N2. The number of para-hydroxylation sites is 2. The fourth-order valence-corrected chi connectivity index (χ4v) is 12.6. The largest absolute Gasteiger partial charge is 0.344 e. The Morgan fingerprint density at radius 2 is 0.725 bits per heavy atom. The Morgan fingerprint density at radius 1 is 0.304 bits per heavy atom. The number of aryl methyl sites for hydroxylation is 4. The number of hydrogen-bond acceptors (Lipinski definition) is 0. The van der Waals surface area contributed by atoms with E-state index in [0.717, 1.165) is 0 Å². The van der Waals surface area contributed by atoms with Gasteiger partial charge in [0.2, 0.25) is 0 Å². The highest BCUT2D eigenvalue weighted by molar-refractivity contribution is 6.21. The van der Waals surface area contributed by atoms with Crippen LogP contribution in [0.3, 0.4) is 0 Å². The quantitative estimate of drug-likeness (QED) is 0.152. The molecule has 69 heavy (non-hydrogen) atoms. The third-order valence-electron chi connectivity index (χ3n) is 15.8. The van der Waals surface area contributed by atoms with Crippen molar-refractivity contribution in [1.29, 1.82) is 0 Å². The first-order chi connectivity index (χ1) is 33.9. The van der Waals surface area contributed by atoms with Gasteiger partial charge in [-0.2, -0.15) is 0 Å². The predicted octanol–water partition coefficient (Wildman–Crippen LogP) is 17.3. The summed E-state index contributed by atoms with van der Waals surface area (Å²) >= 11 is 0. The SMILES string of the molecule is Cc1ccc(C2(c3ccc(C)cc3)c3ccccc3-c3cccc(-c4c5cccc(-c6ccc7c8ccccc8n(C)c7c6)c5cc5c(-c6ccc7c8ccccc8n(C)c7c6)cccc45)c32)cc1. The summed E-state index contributed by atoms with van der Waals surface area (Å²) in [5.41, 5.74) is 22.0. The van der Waals surface area contributed by atoms with E-state index >= 15 is 0 Å². The lowest BCUT2D eigenvalue weighted by atomic mass is 9.65. The van der Waals surface area contributed by atoms with Crippen LogP contribution in [-0.2, 0) is 19.5 Å². The van der Waals surface area contributed by atoms with Crippen LogP contribution in [-0.4, -0.2) is 9.13 Å². The van der Waals surface area contributed by atoms with Crippen molar-refractivity contribution < 1.29 is 0 Å². The van der Waals surface area contributed by atoms with Crippen molar-refractivity contribution in [2.75, 3.05) is 0 Å². The molecular weight excluding hydrogens is 833 g/mol. The van der Waals surface area contributed by atoms with Crippen molar-refractivity contribution in [1.82, 2.24) is 9.13 Å². The van der Waals surface area contributed by atoms with E-state index in [0.29, 0.717) is 0 Å². The Balaban J connectivity index is 1.12. The van der Waals surface area contributed by atoms with Crippen LogP contribution in [0.2, 0.25) is 0 Å². The van der Waals surface area contributed by atoms with E-state index in [9.17, 15) is 0 Å². The average Bonchev–Trinajstić information content (AvgIpc) is 3.98. The lowest BCUT2D eigenvalue weighted by Gasteiger charge is -2.36. The molecule has 2 nitrogen and oxygen atoms in total. The van der Waals surface area contributed by atoms with Gasteiger partial charge in [0, 0.05) is 57.7 Å². The van der Waals surface area contributed by atoms with Gasteiger partial charge in [-0.05, 0) is 132 Å². The molecule has 1 aliphatic rings. The lowest BCUT2D eigenvalue weighted by molar-refractivity contribution is 0.769. The summed E-state index contributed by atoms with van der Waals surface area (Å²) in [5, 5.41) is 10.1. The first kappa shape index (κ1) is 39.7. The molecule has 13 aromatic rings. The second-order valence-electron chi connectivity index (χ2n) is 19.4. The molecule has 0 aliphatic heterocycles. The number of rotatable bonds is 5. The number of hydrogen-bond donors (Lipinski definition) is 0. The average molecular weight is 881 g/mol. The molecule has 2 heterocycles. The zero-order valence-corrected chi connectivity index (χ0v) is 39.2. The molecule has 326 valence electrons. The molecule has 0 unspecified atom stereocenters. The van der Waals surface area contributed by atoms with Gasteiger partial charge < -0.3 is 9.13 Å². The normalized spacial score (nSPS) is 13.0. The third kappa shape index (κ3) is 5.55. The molecule has 0 atom stereocenters. The Morgan fingerprint density at radius 3 is 1.28 bits per heavy atom. The molecule has 14 rings (SSSR count). The van der Waals surface area contributed by atoms with Gasteiger partial charge in [-0.25, -0.2) is 0 Å². The van der Waals surface area contributed by atoms with Gasteiger partial charge in [-0.15, -0.1) is 0 Å². The molecule has 0 saturated carbocycles. The second kappa shape index (κ2) is 14.8. The smallest absolute Gasteiger partial charge is 0.0719 e. The minimum Gasteiger partial charge on any atom is -0.344 e. The van der Waals surface area contributed by atoms with Crippen molar-refractivity contribution in [3.63, 3.8) is 0 Å². The van der Waals surface area contributed by atoms with Gasteiger partial charge in [0.1, 0.15) is 0 Å². The van der Waals surface area contributed by atoms with Gasteiger partial charge in [0.05, 0.1) is 5.41 Å². The maximum atomic E-state index is 2.50. The van der Waals surface area contributed by atoms with Crippen LogP contribution in [0.5, 0.6) is 0 Å². The van der Waals surface area contributed by atoms with Crippen LogP contribution in [0.1, 0.15) is 33.4 Å². The van der Waals surface area contributed by atoms with E-state index in [-0.39, 0.29) is 0 Å². The topological polar surface area (TPSA) is 9.86 Å². The first-order valence-electron chi connectivity index (χ1n) is 24.2. The van der Waals surface area contributed by atoms with E-state index in [1.54, 1.807) is 0 Å². The van der Waals surface area contributed by atoms with Crippen LogP contribution in [0, 0.1) is 13.8 Å². The summed E-state index contributed by atoms with van der Waals surface area (Å²) in [4.78, 5) is 0. The van der Waals surface area contributed by atoms with E-state index in [4.69, 9.17) is 0 Å². The standard InChI is InChI=1S/C67H48N2/c1-41-26-32-45(33-27-41)67(46-34-28-42(2)29-35-46)60-23-8-5-14-49(60)56-21-13-22-57(66(56)67)65-54-19-11-17-47(43-30-36-52-50-15-6-9-24-61(50)68(3)63(52)38-43)58(54)40-59-48(18-12-20-55(59)65)44-31-37-53-51-16-7-10-25-62(51)69(4)64(53)39-44/h5-40H,1-4H3. The zero-order valence-electron chi connectivity index (χ0n) is 39.2. The summed E-state index contributed by atoms with van der Waals surface area (Å²) in [6.07, 6.45) is 0. The number of fused-ring (bicyclic) bond motifs is 11. The van der Waals surface area contributed by atoms with Crippen LogP contribution in [0.25, 0.3) is 110 Å². The van der Waals surface area contributed by atoms with Crippen LogP contribution in [0.15, 0.2) is 218 Å². The fraction of sp³-hybridized carbons (Fsp3) is 0.0746. The van der Waals surface area contributed by atoms with Crippen LogP contribution >= 0.6 is 0 Å². The minimum atomic E-state index is -0.590. The van der Waals surface area contributed by atoms with Crippen molar-refractivity contribution >= 4 is 65.2 Å². The summed E-state index contributed by atoms with van der Waals surface area (Å²) in [7, 11) is 4.40. The molecule has 2 heteroatoms. The second-order valence-corrected chi connectivity index (χ2v) is 19.4. The highest BCUT2D eigenvalue weighted by Crippen LogP contribution is 2.60. The molecule has 0 saturated heterocycles. The van der Waals surface area contributed by atoms with Gasteiger partial charge >= 0.3 is 0 Å². The molecule has 11 aromatic carbocycles. The summed E-state index contributed by atoms with van der Waals surface area (Å²) in [6.45, 7) is 4.38. The molecule has 0 bridgehead atoms. The van der Waals surface area contributed by atoms with E-state index in [1.165, 1.54) is 143 Å². The minimum absolute atomic E-state index is 0.590. The van der Waals surface area contributed by atoms with Crippen LogP contribution in [0.4, 0.5) is 0 Å². The zero-order chi connectivity index (χ0) is 46.1. The maximum absolute atomic E-state index is 2.50. The Hall–Kier alpha value is -8.46. The van der Waals surface area contributed by atoms with Crippen LogP contribution < -0.4 is 0 Å². The highest BCUT2D eigenvalue weighted by Gasteiger charge is 2.48. The highest BCUT2D eigenvalue weighted by atomic mass is 14.9. The Labute approximate surface area is 402 Å². The van der Waals surface area contributed by atoms with E-state index in [2.05, 4.69) is 255 Å². The van der Waals surface area contributed by atoms with Gasteiger partial charge in [-0.3, -0.25) is 0 Å². The van der Waals surface area contributed by atoms with Crippen molar-refractivity contribution in [2.45, 2.75) is 19.3 Å². The van der Waals surface area contributed by atoms with E-state index in [1.807, 2.05) is 0 Å². The maximum Gasteiger partial charge on any atom is 0.0719 e. The van der Waals surface area contributed by atoms with Gasteiger partial charge in [0.25, 0.3) is 0 Å². The lowest BCUT2D eigenvalue weighted by Crippen LogP contribution is -2.29. The summed E-state index contributed by atoms with van der Waals surface area (Å²) in [6, 6.07) is 83.0.